The van der Waals surface area contributed by atoms with E-state index in [1.54, 1.807) is 0 Å². The molecule has 6 heteroatoms. The van der Waals surface area contributed by atoms with E-state index in [-0.39, 0.29) is 12.8 Å². The van der Waals surface area contributed by atoms with Crippen LogP contribution in [0.3, 0.4) is 0 Å². The number of ether oxygens (including phenoxy) is 1. The second-order valence-electron chi connectivity index (χ2n) is 2.26. The molecule has 1 rings (SSSR count). The molecule has 1 atom stereocenters. The Kier molecular flexibility index (Phi) is 2.27. The van der Waals surface area contributed by atoms with Crippen LogP contribution in [0, 0.1) is 0 Å². The molecule has 1 heterocycles. The molecular weight excluding hydrogens is 214 g/mol. The van der Waals surface area contributed by atoms with E-state index in [2.05, 4.69) is 4.74 Å². The summed E-state index contributed by atoms with van der Waals surface area (Å²) in [7, 11) is 0. The molecule has 0 amide bonds. The van der Waals surface area contributed by atoms with Gasteiger partial charge in [0.1, 0.15) is 0 Å². The predicted molar refractivity (Wildman–Crippen MR) is 40.6 cm³/mol. The number of esters is 1. The van der Waals surface area contributed by atoms with Crippen LogP contribution >= 0.6 is 34.8 Å². The number of hydrogen-bond donors (Lipinski definition) is 1. The zero-order valence-electron chi connectivity index (χ0n) is 5.31. The standard InChI is InChI=1S/C5H5Cl3O3/c6-5(7,8)4(10)2-1-3(9)11-4/h10H,1-2H2. The molecule has 0 aromatic rings. The van der Waals surface area contributed by atoms with Gasteiger partial charge in [-0.25, -0.2) is 0 Å². The lowest BCUT2D eigenvalue weighted by Gasteiger charge is -2.27. The lowest BCUT2D eigenvalue weighted by atomic mass is 10.2. The van der Waals surface area contributed by atoms with E-state index in [1.807, 2.05) is 0 Å². The van der Waals surface area contributed by atoms with Crippen LogP contribution in [0.5, 0.6) is 0 Å². The number of carbonyl (C=O) groups excluding carboxylic acids is 1. The Hall–Kier alpha value is 0.300. The van der Waals surface area contributed by atoms with Gasteiger partial charge in [0.25, 0.3) is 9.58 Å². The van der Waals surface area contributed by atoms with Gasteiger partial charge in [0, 0.05) is 6.42 Å². The third kappa shape index (κ3) is 1.72. The normalized spacial score (nSPS) is 32.2. The maximum atomic E-state index is 10.5. The van der Waals surface area contributed by atoms with Gasteiger partial charge in [0.05, 0.1) is 6.42 Å². The number of halogens is 3. The molecule has 1 aliphatic rings. The van der Waals surface area contributed by atoms with Crippen molar-refractivity contribution in [2.45, 2.75) is 22.4 Å². The highest BCUT2D eigenvalue weighted by Gasteiger charge is 2.54. The molecule has 0 radical (unpaired) electrons. The highest BCUT2D eigenvalue weighted by atomic mass is 35.6. The van der Waals surface area contributed by atoms with Gasteiger partial charge in [-0.05, 0) is 0 Å². The van der Waals surface area contributed by atoms with Gasteiger partial charge in [-0.1, -0.05) is 34.8 Å². The third-order valence-electron chi connectivity index (χ3n) is 1.39. The topological polar surface area (TPSA) is 46.5 Å². The molecule has 1 N–H and O–H groups in total. The molecule has 0 aromatic carbocycles. The second kappa shape index (κ2) is 2.66. The Morgan fingerprint density at radius 3 is 2.27 bits per heavy atom. The van der Waals surface area contributed by atoms with E-state index in [0.29, 0.717) is 0 Å². The quantitative estimate of drug-likeness (QED) is 0.495. The molecular formula is C5H5Cl3O3. The molecule has 1 saturated heterocycles. The molecule has 3 nitrogen and oxygen atoms in total. The molecule has 1 aliphatic heterocycles. The molecule has 0 spiro atoms. The first kappa shape index (κ1) is 9.39. The zero-order chi connectivity index (χ0) is 8.70. The largest absolute Gasteiger partial charge is 0.428 e. The lowest BCUT2D eigenvalue weighted by Crippen LogP contribution is -2.42. The average Bonchev–Trinajstić information content (AvgIpc) is 2.10. The first-order valence-electron chi connectivity index (χ1n) is 2.86. The van der Waals surface area contributed by atoms with E-state index >= 15 is 0 Å². The first-order chi connectivity index (χ1) is 4.85. The van der Waals surface area contributed by atoms with Crippen LogP contribution in [0.1, 0.15) is 12.8 Å². The monoisotopic (exact) mass is 218 g/mol. The van der Waals surface area contributed by atoms with E-state index in [4.69, 9.17) is 34.8 Å². The van der Waals surface area contributed by atoms with Crippen LogP contribution in [-0.2, 0) is 9.53 Å². The maximum absolute atomic E-state index is 10.5. The predicted octanol–water partition coefficient (Wildman–Crippen LogP) is 1.38. The molecule has 64 valence electrons. The Bertz CT molecular complexity index is 188. The van der Waals surface area contributed by atoms with Crippen molar-refractivity contribution in [2.75, 3.05) is 0 Å². The van der Waals surface area contributed by atoms with E-state index < -0.39 is 15.5 Å². The van der Waals surface area contributed by atoms with E-state index in [9.17, 15) is 9.90 Å². The summed E-state index contributed by atoms with van der Waals surface area (Å²) < 4.78 is 2.46. The van der Waals surface area contributed by atoms with Crippen LogP contribution in [0.2, 0.25) is 0 Å². The first-order valence-corrected chi connectivity index (χ1v) is 3.99. The van der Waals surface area contributed by atoms with Crippen molar-refractivity contribution in [2.24, 2.45) is 0 Å². The number of hydrogen-bond acceptors (Lipinski definition) is 3. The molecule has 0 bridgehead atoms. The van der Waals surface area contributed by atoms with Crippen LogP contribution in [0.15, 0.2) is 0 Å². The highest BCUT2D eigenvalue weighted by Crippen LogP contribution is 2.44. The summed E-state index contributed by atoms with van der Waals surface area (Å²) >= 11 is 16.0. The molecule has 1 fully saturated rings. The Balaban J connectivity index is 2.77. The van der Waals surface area contributed by atoms with Crippen LogP contribution in [0.4, 0.5) is 0 Å². The summed E-state index contributed by atoms with van der Waals surface area (Å²) in [5.41, 5.74) is 0. The summed E-state index contributed by atoms with van der Waals surface area (Å²) in [6.45, 7) is 0. The summed E-state index contributed by atoms with van der Waals surface area (Å²) in [6, 6.07) is 0. The zero-order valence-corrected chi connectivity index (χ0v) is 7.58. The van der Waals surface area contributed by atoms with Gasteiger partial charge in [0.2, 0.25) is 0 Å². The minimum atomic E-state index is -1.97. The fourth-order valence-electron chi connectivity index (χ4n) is 0.761. The fourth-order valence-corrected chi connectivity index (χ4v) is 1.16. The number of carbonyl (C=O) groups is 1. The van der Waals surface area contributed by atoms with E-state index in [1.165, 1.54) is 0 Å². The third-order valence-corrected chi connectivity index (χ3v) is 2.28. The van der Waals surface area contributed by atoms with Crippen molar-refractivity contribution in [3.63, 3.8) is 0 Å². The summed E-state index contributed by atoms with van der Waals surface area (Å²) in [6.07, 6.45) is 0.0900. The lowest BCUT2D eigenvalue weighted by molar-refractivity contribution is -0.186. The maximum Gasteiger partial charge on any atom is 0.308 e. The molecule has 0 aliphatic carbocycles. The van der Waals surface area contributed by atoms with Crippen molar-refractivity contribution in [1.29, 1.82) is 0 Å². The summed E-state index contributed by atoms with van der Waals surface area (Å²) in [5, 5.41) is 9.36. The average molecular weight is 219 g/mol. The summed E-state index contributed by atoms with van der Waals surface area (Å²) in [5.74, 6) is -2.51. The minimum absolute atomic E-state index is 0.0162. The Labute approximate surface area is 78.2 Å². The number of rotatable bonds is 0. The van der Waals surface area contributed by atoms with Gasteiger partial charge in [0.15, 0.2) is 0 Å². The van der Waals surface area contributed by atoms with Crippen molar-refractivity contribution in [3.05, 3.63) is 0 Å². The number of alkyl halides is 3. The van der Waals surface area contributed by atoms with Crippen LogP contribution in [0.25, 0.3) is 0 Å². The Morgan fingerprint density at radius 1 is 1.55 bits per heavy atom. The van der Waals surface area contributed by atoms with Crippen molar-refractivity contribution >= 4 is 40.8 Å². The van der Waals surface area contributed by atoms with Gasteiger partial charge in [-0.2, -0.15) is 0 Å². The highest BCUT2D eigenvalue weighted by molar-refractivity contribution is 6.68. The molecule has 0 aromatic heterocycles. The number of aliphatic hydroxyl groups is 1. The van der Waals surface area contributed by atoms with Gasteiger partial charge in [-0.15, -0.1) is 0 Å². The van der Waals surface area contributed by atoms with Gasteiger partial charge < -0.3 is 9.84 Å². The van der Waals surface area contributed by atoms with Gasteiger partial charge >= 0.3 is 5.97 Å². The molecule has 11 heavy (non-hydrogen) atoms. The number of cyclic esters (lactones) is 1. The Morgan fingerprint density at radius 2 is 2.09 bits per heavy atom. The molecule has 0 saturated carbocycles. The SMILES string of the molecule is O=C1CCC(O)(C(Cl)(Cl)Cl)O1. The summed E-state index contributed by atoms with van der Waals surface area (Å²) in [4.78, 5) is 10.5. The van der Waals surface area contributed by atoms with Crippen molar-refractivity contribution < 1.29 is 14.6 Å². The van der Waals surface area contributed by atoms with E-state index in [0.717, 1.165) is 0 Å². The smallest absolute Gasteiger partial charge is 0.308 e. The van der Waals surface area contributed by atoms with Crippen molar-refractivity contribution in [3.8, 4) is 0 Å². The van der Waals surface area contributed by atoms with Crippen molar-refractivity contribution in [1.82, 2.24) is 0 Å². The minimum Gasteiger partial charge on any atom is -0.428 e. The van der Waals surface area contributed by atoms with Crippen LogP contribution < -0.4 is 0 Å². The second-order valence-corrected chi connectivity index (χ2v) is 4.54. The molecule has 1 unspecified atom stereocenters. The fraction of sp³-hybridized carbons (Fsp3) is 0.800. The van der Waals surface area contributed by atoms with Gasteiger partial charge in [-0.3, -0.25) is 4.79 Å². The van der Waals surface area contributed by atoms with Crippen LogP contribution in [-0.4, -0.2) is 20.7 Å².